The van der Waals surface area contributed by atoms with Crippen molar-refractivity contribution in [2.24, 2.45) is 0 Å². The smallest absolute Gasteiger partial charge is 0.243 e. The third-order valence-corrected chi connectivity index (χ3v) is 6.98. The molecule has 1 aliphatic rings. The fourth-order valence-corrected chi connectivity index (χ4v) is 4.82. The first-order chi connectivity index (χ1) is 15.1. The fraction of sp³-hybridized carbons (Fsp3) is 0.250. The molecule has 3 aromatic rings. The van der Waals surface area contributed by atoms with Crippen LogP contribution in [-0.2, 0) is 27.8 Å². The van der Waals surface area contributed by atoms with Crippen LogP contribution >= 0.6 is 0 Å². The second kappa shape index (κ2) is 10.1. The lowest BCUT2D eigenvalue weighted by Gasteiger charge is -2.26. The third kappa shape index (κ3) is 5.71. The molecule has 0 bridgehead atoms. The Balaban J connectivity index is 1.31. The van der Waals surface area contributed by atoms with E-state index in [2.05, 4.69) is 5.32 Å². The van der Waals surface area contributed by atoms with E-state index in [4.69, 9.17) is 9.47 Å². The number of morpholine rings is 1. The van der Waals surface area contributed by atoms with Crippen LogP contribution in [0, 0.1) is 0 Å². The molecule has 4 rings (SSSR count). The predicted octanol–water partition coefficient (Wildman–Crippen LogP) is 3.79. The lowest BCUT2D eigenvalue weighted by Crippen LogP contribution is -2.40. The van der Waals surface area contributed by atoms with Gasteiger partial charge < -0.3 is 14.8 Å². The summed E-state index contributed by atoms with van der Waals surface area (Å²) in [4.78, 5) is 0.323. The lowest BCUT2D eigenvalue weighted by molar-refractivity contribution is 0.0730. The van der Waals surface area contributed by atoms with Crippen LogP contribution in [0.1, 0.15) is 11.1 Å². The van der Waals surface area contributed by atoms with Crippen LogP contribution in [0.2, 0.25) is 0 Å². The van der Waals surface area contributed by atoms with Gasteiger partial charge in [0.15, 0.2) is 0 Å². The standard InChI is InChI=1S/C24H26N2O4S/c27-31(28,26-13-15-29-16-14-26)24-11-9-20(10-12-24)18-25-19-21-5-4-8-23(17-21)30-22-6-2-1-3-7-22/h1-12,17,25H,13-16,18-19H2. The molecule has 0 spiro atoms. The summed E-state index contributed by atoms with van der Waals surface area (Å²) >= 11 is 0. The van der Waals surface area contributed by atoms with E-state index in [1.807, 2.05) is 66.7 Å². The highest BCUT2D eigenvalue weighted by atomic mass is 32.2. The molecule has 0 saturated carbocycles. The molecule has 6 nitrogen and oxygen atoms in total. The molecule has 0 unspecified atom stereocenters. The number of ether oxygens (including phenoxy) is 2. The van der Waals surface area contributed by atoms with Gasteiger partial charge in [0.25, 0.3) is 0 Å². The van der Waals surface area contributed by atoms with Gasteiger partial charge >= 0.3 is 0 Å². The molecule has 0 radical (unpaired) electrons. The van der Waals surface area contributed by atoms with E-state index < -0.39 is 10.0 Å². The minimum Gasteiger partial charge on any atom is -0.457 e. The minimum absolute atomic E-state index is 0.323. The molecule has 1 fully saturated rings. The van der Waals surface area contributed by atoms with Crippen molar-refractivity contribution in [3.8, 4) is 11.5 Å². The average molecular weight is 439 g/mol. The average Bonchev–Trinajstić information content (AvgIpc) is 2.81. The highest BCUT2D eigenvalue weighted by molar-refractivity contribution is 7.89. The monoisotopic (exact) mass is 438 g/mol. The van der Waals surface area contributed by atoms with E-state index >= 15 is 0 Å². The zero-order valence-corrected chi connectivity index (χ0v) is 18.1. The summed E-state index contributed by atoms with van der Waals surface area (Å²) in [5.74, 6) is 1.60. The summed E-state index contributed by atoms with van der Waals surface area (Å²) < 4.78 is 38.0. The first-order valence-electron chi connectivity index (χ1n) is 10.3. The van der Waals surface area contributed by atoms with Crippen LogP contribution in [-0.4, -0.2) is 39.0 Å². The van der Waals surface area contributed by atoms with Crippen molar-refractivity contribution in [3.05, 3.63) is 90.0 Å². The number of nitrogens with one attached hydrogen (secondary N) is 1. The zero-order valence-electron chi connectivity index (χ0n) is 17.2. The Morgan fingerprint density at radius 3 is 2.23 bits per heavy atom. The number of hydrogen-bond donors (Lipinski definition) is 1. The molecule has 1 saturated heterocycles. The molecule has 0 amide bonds. The molecular formula is C24H26N2O4S. The minimum atomic E-state index is -3.45. The van der Waals surface area contributed by atoms with Gasteiger partial charge in [-0.05, 0) is 47.5 Å². The second-order valence-corrected chi connectivity index (χ2v) is 9.26. The van der Waals surface area contributed by atoms with Gasteiger partial charge in [-0.1, -0.05) is 42.5 Å². The highest BCUT2D eigenvalue weighted by Crippen LogP contribution is 2.22. The van der Waals surface area contributed by atoms with E-state index in [9.17, 15) is 8.42 Å². The molecule has 1 heterocycles. The zero-order chi connectivity index (χ0) is 21.5. The third-order valence-electron chi connectivity index (χ3n) is 5.07. The van der Waals surface area contributed by atoms with Gasteiger partial charge in [0.05, 0.1) is 18.1 Å². The Morgan fingerprint density at radius 1 is 0.806 bits per heavy atom. The van der Waals surface area contributed by atoms with Gasteiger partial charge in [-0.3, -0.25) is 0 Å². The summed E-state index contributed by atoms with van der Waals surface area (Å²) in [7, 11) is -3.45. The summed E-state index contributed by atoms with van der Waals surface area (Å²) in [6.45, 7) is 3.01. The van der Waals surface area contributed by atoms with Crippen molar-refractivity contribution in [2.45, 2.75) is 18.0 Å². The largest absolute Gasteiger partial charge is 0.457 e. The number of hydrogen-bond acceptors (Lipinski definition) is 5. The van der Waals surface area contributed by atoms with Gasteiger partial charge in [0, 0.05) is 26.2 Å². The number of benzene rings is 3. The van der Waals surface area contributed by atoms with Crippen molar-refractivity contribution in [1.29, 1.82) is 0 Å². The van der Waals surface area contributed by atoms with Crippen molar-refractivity contribution < 1.29 is 17.9 Å². The molecule has 7 heteroatoms. The normalized spacial score (nSPS) is 15.0. The Labute approximate surface area is 183 Å². The maximum Gasteiger partial charge on any atom is 0.243 e. The Bertz CT molecular complexity index is 1080. The van der Waals surface area contributed by atoms with Crippen molar-refractivity contribution in [3.63, 3.8) is 0 Å². The van der Waals surface area contributed by atoms with Crippen LogP contribution in [0.3, 0.4) is 0 Å². The number of rotatable bonds is 8. The van der Waals surface area contributed by atoms with E-state index in [1.165, 1.54) is 4.31 Å². The van der Waals surface area contributed by atoms with Gasteiger partial charge in [0.2, 0.25) is 10.0 Å². The Kier molecular flexibility index (Phi) is 6.99. The van der Waals surface area contributed by atoms with Gasteiger partial charge in [0.1, 0.15) is 11.5 Å². The maximum absolute atomic E-state index is 12.7. The molecule has 1 aliphatic heterocycles. The molecule has 0 atom stereocenters. The summed E-state index contributed by atoms with van der Waals surface area (Å²) in [5, 5.41) is 3.40. The predicted molar refractivity (Wildman–Crippen MR) is 120 cm³/mol. The first-order valence-corrected chi connectivity index (χ1v) is 11.7. The van der Waals surface area contributed by atoms with E-state index in [0.29, 0.717) is 44.3 Å². The summed E-state index contributed by atoms with van der Waals surface area (Å²) in [5.41, 5.74) is 2.14. The molecule has 0 aromatic heterocycles. The van der Waals surface area contributed by atoms with Crippen molar-refractivity contribution in [1.82, 2.24) is 9.62 Å². The SMILES string of the molecule is O=S(=O)(c1ccc(CNCc2cccc(Oc3ccccc3)c2)cc1)N1CCOCC1. The summed E-state index contributed by atoms with van der Waals surface area (Å²) in [6, 6.07) is 24.7. The molecule has 3 aromatic carbocycles. The molecule has 1 N–H and O–H groups in total. The first kappa shape index (κ1) is 21.5. The van der Waals surface area contributed by atoms with Gasteiger partial charge in [-0.2, -0.15) is 4.31 Å². The number of para-hydroxylation sites is 1. The molecule has 162 valence electrons. The Hall–Kier alpha value is -2.71. The topological polar surface area (TPSA) is 67.9 Å². The van der Waals surface area contributed by atoms with E-state index in [-0.39, 0.29) is 0 Å². The molecule has 31 heavy (non-hydrogen) atoms. The lowest BCUT2D eigenvalue weighted by atomic mass is 10.2. The number of sulfonamides is 1. The van der Waals surface area contributed by atoms with Crippen LogP contribution in [0.4, 0.5) is 0 Å². The Morgan fingerprint density at radius 2 is 1.48 bits per heavy atom. The highest BCUT2D eigenvalue weighted by Gasteiger charge is 2.25. The van der Waals surface area contributed by atoms with Crippen LogP contribution in [0.15, 0.2) is 83.8 Å². The summed E-state index contributed by atoms with van der Waals surface area (Å²) in [6.07, 6.45) is 0. The fourth-order valence-electron chi connectivity index (χ4n) is 3.41. The second-order valence-electron chi connectivity index (χ2n) is 7.33. The van der Waals surface area contributed by atoms with Crippen LogP contribution < -0.4 is 10.1 Å². The number of nitrogens with zero attached hydrogens (tertiary/aromatic N) is 1. The van der Waals surface area contributed by atoms with Gasteiger partial charge in [-0.15, -0.1) is 0 Å². The van der Waals surface area contributed by atoms with E-state index in [1.54, 1.807) is 12.1 Å². The molecular weight excluding hydrogens is 412 g/mol. The van der Waals surface area contributed by atoms with Crippen LogP contribution in [0.5, 0.6) is 11.5 Å². The van der Waals surface area contributed by atoms with Gasteiger partial charge in [-0.25, -0.2) is 8.42 Å². The maximum atomic E-state index is 12.7. The molecule has 0 aliphatic carbocycles. The van der Waals surface area contributed by atoms with Crippen molar-refractivity contribution >= 4 is 10.0 Å². The van der Waals surface area contributed by atoms with Crippen molar-refractivity contribution in [2.75, 3.05) is 26.3 Å². The van der Waals surface area contributed by atoms with E-state index in [0.717, 1.165) is 22.6 Å². The quantitative estimate of drug-likeness (QED) is 0.580. The van der Waals surface area contributed by atoms with Crippen LogP contribution in [0.25, 0.3) is 0 Å².